The number of unbranched alkanes of at least 4 members (excludes halogenated alkanes) is 13. The van der Waals surface area contributed by atoms with Crippen LogP contribution >= 0.6 is 11.6 Å². The summed E-state index contributed by atoms with van der Waals surface area (Å²) in [5, 5.41) is 0. The van der Waals surface area contributed by atoms with E-state index in [2.05, 4.69) is 6.92 Å². The molecular weight excluding hydrogens is 388 g/mol. The molecule has 0 radical (unpaired) electrons. The summed E-state index contributed by atoms with van der Waals surface area (Å²) in [6.07, 6.45) is 18.7. The van der Waals surface area contributed by atoms with Gasteiger partial charge in [0.15, 0.2) is 0 Å². The average molecular weight is 433 g/mol. The van der Waals surface area contributed by atoms with Gasteiger partial charge in [-0.2, -0.15) is 0 Å². The molecule has 0 aromatic rings. The zero-order valence-electron chi connectivity index (χ0n) is 18.9. The SMILES string of the molecule is CCCCCCCCCCOC(=O)CCCCC(=O)OCCCCCCCCCl. The molecule has 0 saturated heterocycles. The molecule has 29 heavy (non-hydrogen) atoms. The molecule has 5 heteroatoms. The van der Waals surface area contributed by atoms with Crippen molar-refractivity contribution in [2.75, 3.05) is 19.1 Å². The maximum atomic E-state index is 11.7. The van der Waals surface area contributed by atoms with Crippen molar-refractivity contribution in [2.45, 2.75) is 122 Å². The molecule has 0 atom stereocenters. The Morgan fingerprint density at radius 3 is 1.34 bits per heavy atom. The Hall–Kier alpha value is -0.770. The van der Waals surface area contributed by atoms with Crippen LogP contribution in [0.2, 0.25) is 0 Å². The van der Waals surface area contributed by atoms with E-state index in [9.17, 15) is 9.59 Å². The zero-order chi connectivity index (χ0) is 21.4. The quantitative estimate of drug-likeness (QED) is 0.102. The number of carbonyl (C=O) groups is 2. The van der Waals surface area contributed by atoms with Crippen LogP contribution in [0.3, 0.4) is 0 Å². The molecule has 4 nitrogen and oxygen atoms in total. The van der Waals surface area contributed by atoms with Crippen molar-refractivity contribution in [1.82, 2.24) is 0 Å². The Labute approximate surface area is 184 Å². The fourth-order valence-corrected chi connectivity index (χ4v) is 3.38. The molecule has 0 rings (SSSR count). The third-order valence-electron chi connectivity index (χ3n) is 5.06. The summed E-state index contributed by atoms with van der Waals surface area (Å²) >= 11 is 5.64. The number of halogens is 1. The van der Waals surface area contributed by atoms with Gasteiger partial charge in [-0.05, 0) is 32.1 Å². The topological polar surface area (TPSA) is 52.6 Å². The van der Waals surface area contributed by atoms with Gasteiger partial charge in [-0.15, -0.1) is 11.6 Å². The smallest absolute Gasteiger partial charge is 0.305 e. The number of ether oxygens (including phenoxy) is 2. The summed E-state index contributed by atoms with van der Waals surface area (Å²) in [7, 11) is 0. The van der Waals surface area contributed by atoms with Crippen LogP contribution in [0.4, 0.5) is 0 Å². The summed E-state index contributed by atoms with van der Waals surface area (Å²) in [5.41, 5.74) is 0. The highest BCUT2D eigenvalue weighted by Gasteiger charge is 2.06. The number of hydrogen-bond donors (Lipinski definition) is 0. The van der Waals surface area contributed by atoms with Crippen LogP contribution in [-0.2, 0) is 19.1 Å². The van der Waals surface area contributed by atoms with Crippen LogP contribution in [0, 0.1) is 0 Å². The second-order valence-electron chi connectivity index (χ2n) is 7.93. The normalized spacial score (nSPS) is 10.8. The summed E-state index contributed by atoms with van der Waals surface area (Å²) < 4.78 is 10.5. The van der Waals surface area contributed by atoms with Gasteiger partial charge in [0.25, 0.3) is 0 Å². The molecule has 0 aliphatic carbocycles. The molecule has 0 bridgehead atoms. The third kappa shape index (κ3) is 23.4. The number of carbonyl (C=O) groups excluding carboxylic acids is 2. The van der Waals surface area contributed by atoms with Crippen molar-refractivity contribution in [2.24, 2.45) is 0 Å². The van der Waals surface area contributed by atoms with Gasteiger partial charge >= 0.3 is 11.9 Å². The van der Waals surface area contributed by atoms with Gasteiger partial charge < -0.3 is 9.47 Å². The van der Waals surface area contributed by atoms with Gasteiger partial charge in [0, 0.05) is 18.7 Å². The van der Waals surface area contributed by atoms with Crippen LogP contribution in [0.25, 0.3) is 0 Å². The second-order valence-corrected chi connectivity index (χ2v) is 8.31. The molecule has 0 N–H and O–H groups in total. The van der Waals surface area contributed by atoms with E-state index in [0.29, 0.717) is 38.9 Å². The van der Waals surface area contributed by atoms with Crippen molar-refractivity contribution in [3.63, 3.8) is 0 Å². The molecule has 0 aromatic carbocycles. The molecule has 0 amide bonds. The minimum absolute atomic E-state index is 0.143. The van der Waals surface area contributed by atoms with Crippen LogP contribution < -0.4 is 0 Å². The van der Waals surface area contributed by atoms with Crippen molar-refractivity contribution in [3.05, 3.63) is 0 Å². The summed E-state index contributed by atoms with van der Waals surface area (Å²) in [6.45, 7) is 3.27. The van der Waals surface area contributed by atoms with Gasteiger partial charge in [0.05, 0.1) is 13.2 Å². The second kappa shape index (κ2) is 23.5. The molecule has 0 fully saturated rings. The molecular formula is C24H45ClO4. The molecule has 0 aliphatic heterocycles. The number of esters is 2. The standard InChI is InChI=1S/C24H45ClO4/c1-2-3-4-5-6-8-11-16-21-28-23(26)18-13-14-19-24(27)29-22-17-12-9-7-10-15-20-25/h2-22H2,1H3. The Morgan fingerprint density at radius 1 is 0.552 bits per heavy atom. The monoisotopic (exact) mass is 432 g/mol. The van der Waals surface area contributed by atoms with E-state index in [1.807, 2.05) is 0 Å². The van der Waals surface area contributed by atoms with Crippen LogP contribution in [0.15, 0.2) is 0 Å². The van der Waals surface area contributed by atoms with Gasteiger partial charge in [0.2, 0.25) is 0 Å². The number of alkyl halides is 1. The van der Waals surface area contributed by atoms with Gasteiger partial charge in [-0.1, -0.05) is 77.6 Å². The first-order valence-electron chi connectivity index (χ1n) is 12.1. The lowest BCUT2D eigenvalue weighted by Crippen LogP contribution is -2.08. The number of hydrogen-bond acceptors (Lipinski definition) is 4. The van der Waals surface area contributed by atoms with E-state index in [1.54, 1.807) is 0 Å². The molecule has 0 spiro atoms. The Bertz CT molecular complexity index is 374. The van der Waals surface area contributed by atoms with E-state index >= 15 is 0 Å². The van der Waals surface area contributed by atoms with E-state index in [4.69, 9.17) is 21.1 Å². The molecule has 0 aromatic heterocycles. The number of rotatable bonds is 22. The Kier molecular flexibility index (Phi) is 22.9. The van der Waals surface area contributed by atoms with E-state index < -0.39 is 0 Å². The average Bonchev–Trinajstić information content (AvgIpc) is 2.72. The van der Waals surface area contributed by atoms with Crippen LogP contribution in [0.1, 0.15) is 122 Å². The lowest BCUT2D eigenvalue weighted by molar-refractivity contribution is -0.146. The van der Waals surface area contributed by atoms with E-state index in [1.165, 1.54) is 57.8 Å². The lowest BCUT2D eigenvalue weighted by atomic mass is 10.1. The van der Waals surface area contributed by atoms with Crippen molar-refractivity contribution < 1.29 is 19.1 Å². The lowest BCUT2D eigenvalue weighted by Gasteiger charge is -2.06. The van der Waals surface area contributed by atoms with Crippen molar-refractivity contribution in [3.8, 4) is 0 Å². The van der Waals surface area contributed by atoms with E-state index in [0.717, 1.165) is 38.0 Å². The van der Waals surface area contributed by atoms with Crippen molar-refractivity contribution >= 4 is 23.5 Å². The maximum absolute atomic E-state index is 11.7. The minimum Gasteiger partial charge on any atom is -0.466 e. The van der Waals surface area contributed by atoms with Crippen LogP contribution in [-0.4, -0.2) is 31.0 Å². The minimum atomic E-state index is -0.153. The van der Waals surface area contributed by atoms with Gasteiger partial charge in [-0.25, -0.2) is 0 Å². The molecule has 0 unspecified atom stereocenters. The van der Waals surface area contributed by atoms with Gasteiger partial charge in [-0.3, -0.25) is 9.59 Å². The predicted molar refractivity (Wildman–Crippen MR) is 121 cm³/mol. The molecule has 172 valence electrons. The molecule has 0 heterocycles. The fourth-order valence-electron chi connectivity index (χ4n) is 3.19. The molecule has 0 aliphatic rings. The largest absolute Gasteiger partial charge is 0.466 e. The third-order valence-corrected chi connectivity index (χ3v) is 5.33. The van der Waals surface area contributed by atoms with Crippen molar-refractivity contribution in [1.29, 1.82) is 0 Å². The first kappa shape index (κ1) is 28.2. The summed E-state index contributed by atoms with van der Waals surface area (Å²) in [6, 6.07) is 0. The molecule has 0 saturated carbocycles. The highest BCUT2D eigenvalue weighted by atomic mass is 35.5. The summed E-state index contributed by atoms with van der Waals surface area (Å²) in [5.74, 6) is 0.448. The van der Waals surface area contributed by atoms with E-state index in [-0.39, 0.29) is 11.9 Å². The highest BCUT2D eigenvalue weighted by Crippen LogP contribution is 2.09. The maximum Gasteiger partial charge on any atom is 0.305 e. The van der Waals surface area contributed by atoms with Crippen LogP contribution in [0.5, 0.6) is 0 Å². The van der Waals surface area contributed by atoms with Gasteiger partial charge in [0.1, 0.15) is 0 Å². The first-order valence-corrected chi connectivity index (χ1v) is 12.6. The Balaban J connectivity index is 3.30. The zero-order valence-corrected chi connectivity index (χ0v) is 19.6. The fraction of sp³-hybridized carbons (Fsp3) is 0.917. The highest BCUT2D eigenvalue weighted by molar-refractivity contribution is 6.17. The summed E-state index contributed by atoms with van der Waals surface area (Å²) in [4.78, 5) is 23.4. The Morgan fingerprint density at radius 2 is 0.931 bits per heavy atom. The first-order chi connectivity index (χ1) is 14.2. The predicted octanol–water partition coefficient (Wildman–Crippen LogP) is 7.35.